The van der Waals surface area contributed by atoms with Gasteiger partial charge in [-0.2, -0.15) is 10.1 Å². The van der Waals surface area contributed by atoms with Crippen LogP contribution in [0.3, 0.4) is 0 Å². The highest BCUT2D eigenvalue weighted by molar-refractivity contribution is 5.85. The Morgan fingerprint density at radius 2 is 2.00 bits per heavy atom. The van der Waals surface area contributed by atoms with E-state index in [0.29, 0.717) is 47.6 Å². The van der Waals surface area contributed by atoms with Crippen LogP contribution in [0.1, 0.15) is 51.9 Å². The molecule has 4 heterocycles. The number of imidazole rings is 1. The van der Waals surface area contributed by atoms with Crippen LogP contribution in [0.25, 0.3) is 11.2 Å². The summed E-state index contributed by atoms with van der Waals surface area (Å²) in [6.07, 6.45) is 5.61. The Hall–Kier alpha value is -3.79. The van der Waals surface area contributed by atoms with Crippen LogP contribution in [0.15, 0.2) is 36.7 Å². The third-order valence-corrected chi connectivity index (χ3v) is 6.71. The van der Waals surface area contributed by atoms with Crippen molar-refractivity contribution in [2.45, 2.75) is 58.9 Å². The van der Waals surface area contributed by atoms with Crippen LogP contribution >= 0.6 is 0 Å². The lowest BCUT2D eigenvalue weighted by atomic mass is 9.92. The normalized spacial score (nSPS) is 14.6. The zero-order chi connectivity index (χ0) is 27.0. The Morgan fingerprint density at radius 1 is 1.21 bits per heavy atom. The summed E-state index contributed by atoms with van der Waals surface area (Å²) in [5, 5.41) is 17.6. The number of aryl methyl sites for hydroxylation is 1. The van der Waals surface area contributed by atoms with Crippen molar-refractivity contribution >= 4 is 28.7 Å². The Balaban J connectivity index is 1.35. The lowest BCUT2D eigenvalue weighted by Crippen LogP contribution is -2.21. The van der Waals surface area contributed by atoms with Gasteiger partial charge in [-0.15, -0.1) is 0 Å². The average molecular weight is 518 g/mol. The number of Topliss-reactive ketones (excluding diaryl/α,β-unsaturated/α-hetero) is 1. The van der Waals surface area contributed by atoms with Crippen molar-refractivity contribution in [2.75, 3.05) is 11.9 Å². The van der Waals surface area contributed by atoms with Gasteiger partial charge in [-0.05, 0) is 24.8 Å². The summed E-state index contributed by atoms with van der Waals surface area (Å²) in [5.74, 6) is 3.01. The number of pyridine rings is 2. The topological polar surface area (TPSA) is 120 Å². The van der Waals surface area contributed by atoms with Gasteiger partial charge in [0.15, 0.2) is 11.5 Å². The number of rotatable bonds is 10. The SMILES string of the molecule is C[C@H](CO)Cn1nc(Nc2nc3ncc(Oc4ccnc(CC(=O)C5CC5)c4)cc3n2C)cc1C(C)(C)C. The Kier molecular flexibility index (Phi) is 6.92. The molecule has 0 unspecified atom stereocenters. The molecule has 10 nitrogen and oxygen atoms in total. The molecular formula is C28H35N7O3. The summed E-state index contributed by atoms with van der Waals surface area (Å²) in [5.41, 5.74) is 3.05. The molecule has 1 fully saturated rings. The molecule has 0 saturated heterocycles. The van der Waals surface area contributed by atoms with Gasteiger partial charge in [0.2, 0.25) is 5.95 Å². The molecule has 0 radical (unpaired) electrons. The first-order valence-electron chi connectivity index (χ1n) is 13.0. The highest BCUT2D eigenvalue weighted by Crippen LogP contribution is 2.32. The first-order chi connectivity index (χ1) is 18.1. The van der Waals surface area contributed by atoms with Gasteiger partial charge >= 0.3 is 0 Å². The van der Waals surface area contributed by atoms with Gasteiger partial charge in [0.05, 0.1) is 17.4 Å². The Bertz CT molecular complexity index is 1460. The Morgan fingerprint density at radius 3 is 2.71 bits per heavy atom. The maximum Gasteiger partial charge on any atom is 0.210 e. The van der Waals surface area contributed by atoms with Gasteiger partial charge in [0.1, 0.15) is 17.3 Å². The van der Waals surface area contributed by atoms with Gasteiger partial charge in [-0.25, -0.2) is 4.98 Å². The molecule has 2 N–H and O–H groups in total. The second-order valence-corrected chi connectivity index (χ2v) is 11.3. The molecule has 1 aliphatic rings. The van der Waals surface area contributed by atoms with Crippen molar-refractivity contribution < 1.29 is 14.6 Å². The maximum absolute atomic E-state index is 12.2. The number of aliphatic hydroxyl groups excluding tert-OH is 1. The van der Waals surface area contributed by atoms with Crippen LogP contribution in [0, 0.1) is 11.8 Å². The fourth-order valence-electron chi connectivity index (χ4n) is 4.39. The van der Waals surface area contributed by atoms with Crippen LogP contribution in [0.5, 0.6) is 11.5 Å². The minimum absolute atomic E-state index is 0.0948. The second kappa shape index (κ2) is 10.2. The quantitative estimate of drug-likeness (QED) is 0.315. The Labute approximate surface area is 222 Å². The second-order valence-electron chi connectivity index (χ2n) is 11.3. The molecular weight excluding hydrogens is 482 g/mol. The largest absolute Gasteiger partial charge is 0.456 e. The van der Waals surface area contributed by atoms with E-state index in [1.807, 2.05) is 41.4 Å². The molecule has 38 heavy (non-hydrogen) atoms. The van der Waals surface area contributed by atoms with Crippen LogP contribution < -0.4 is 10.1 Å². The van der Waals surface area contributed by atoms with Crippen LogP contribution in [0.2, 0.25) is 0 Å². The highest BCUT2D eigenvalue weighted by atomic mass is 16.5. The van der Waals surface area contributed by atoms with Crippen molar-refractivity contribution in [3.05, 3.63) is 48.0 Å². The van der Waals surface area contributed by atoms with Crippen LogP contribution in [0.4, 0.5) is 11.8 Å². The molecule has 0 spiro atoms. The fourth-order valence-corrected chi connectivity index (χ4v) is 4.39. The molecule has 5 rings (SSSR count). The van der Waals surface area contributed by atoms with Gasteiger partial charge in [0.25, 0.3) is 0 Å². The smallest absolute Gasteiger partial charge is 0.210 e. The lowest BCUT2D eigenvalue weighted by molar-refractivity contribution is -0.119. The van der Waals surface area contributed by atoms with E-state index in [0.717, 1.165) is 24.1 Å². The van der Waals surface area contributed by atoms with Gasteiger partial charge in [-0.3, -0.25) is 14.5 Å². The third kappa shape index (κ3) is 5.70. The first kappa shape index (κ1) is 25.8. The number of hydrogen-bond acceptors (Lipinski definition) is 8. The number of ketones is 1. The lowest BCUT2D eigenvalue weighted by Gasteiger charge is -2.21. The van der Waals surface area contributed by atoms with E-state index in [9.17, 15) is 9.90 Å². The van der Waals surface area contributed by atoms with E-state index in [4.69, 9.17) is 9.84 Å². The standard InChI is InChI=1S/C28H35N7O3/c1-17(16-36)15-35-24(28(2,3)4)13-25(33-35)31-27-32-26-22(34(27)5)12-21(14-30-26)38-20-8-9-29-19(10-20)11-23(37)18-6-7-18/h8-10,12-14,17-18,36H,6-7,11,15-16H2,1-5H3,(H,30,31,32,33)/t17-/m0/s1. The maximum atomic E-state index is 12.2. The van der Waals surface area contributed by atoms with E-state index in [2.05, 4.69) is 41.0 Å². The van der Waals surface area contributed by atoms with E-state index < -0.39 is 0 Å². The summed E-state index contributed by atoms with van der Waals surface area (Å²) in [6, 6.07) is 7.49. The van der Waals surface area contributed by atoms with Crippen LogP contribution in [-0.2, 0) is 30.2 Å². The molecule has 0 amide bonds. The fraction of sp³-hybridized carbons (Fsp3) is 0.464. The van der Waals surface area contributed by atoms with E-state index in [-0.39, 0.29) is 29.6 Å². The molecule has 200 valence electrons. The molecule has 0 aliphatic heterocycles. The summed E-state index contributed by atoms with van der Waals surface area (Å²) in [6.45, 7) is 9.16. The zero-order valence-electron chi connectivity index (χ0n) is 22.6. The van der Waals surface area contributed by atoms with Crippen molar-refractivity contribution in [1.82, 2.24) is 29.3 Å². The van der Waals surface area contributed by atoms with E-state index >= 15 is 0 Å². The molecule has 1 atom stereocenters. The molecule has 1 aliphatic carbocycles. The number of anilines is 2. The summed E-state index contributed by atoms with van der Waals surface area (Å²) in [7, 11) is 1.91. The summed E-state index contributed by atoms with van der Waals surface area (Å²) < 4.78 is 9.93. The number of nitrogens with zero attached hydrogens (tertiary/aromatic N) is 6. The minimum atomic E-state index is -0.111. The van der Waals surface area contributed by atoms with Gasteiger partial charge in [0, 0.05) is 68.0 Å². The number of nitrogens with one attached hydrogen (secondary N) is 1. The molecule has 10 heteroatoms. The van der Waals surface area contributed by atoms with Crippen LogP contribution in [-0.4, -0.2) is 46.8 Å². The molecule has 0 bridgehead atoms. The van der Waals surface area contributed by atoms with Crippen molar-refractivity contribution in [2.24, 2.45) is 18.9 Å². The monoisotopic (exact) mass is 517 g/mol. The number of carbonyl (C=O) groups is 1. The van der Waals surface area contributed by atoms with Crippen molar-refractivity contribution in [3.63, 3.8) is 0 Å². The summed E-state index contributed by atoms with van der Waals surface area (Å²) >= 11 is 0. The highest BCUT2D eigenvalue weighted by Gasteiger charge is 2.29. The number of carbonyl (C=O) groups excluding carboxylic acids is 1. The number of hydrogen-bond donors (Lipinski definition) is 2. The van der Waals surface area contributed by atoms with Crippen molar-refractivity contribution in [3.8, 4) is 11.5 Å². The first-order valence-corrected chi connectivity index (χ1v) is 13.0. The van der Waals surface area contributed by atoms with Gasteiger partial charge < -0.3 is 19.7 Å². The number of aliphatic hydroxyl groups is 1. The number of ether oxygens (including phenoxy) is 1. The average Bonchev–Trinajstić information content (AvgIpc) is 3.58. The predicted molar refractivity (Wildman–Crippen MR) is 145 cm³/mol. The number of aromatic nitrogens is 6. The molecule has 4 aromatic heterocycles. The third-order valence-electron chi connectivity index (χ3n) is 6.71. The van der Waals surface area contributed by atoms with E-state index in [1.165, 1.54) is 0 Å². The molecule has 4 aromatic rings. The molecule has 0 aromatic carbocycles. The van der Waals surface area contributed by atoms with Crippen molar-refractivity contribution in [1.29, 1.82) is 0 Å². The summed E-state index contributed by atoms with van der Waals surface area (Å²) in [4.78, 5) is 25.6. The number of fused-ring (bicyclic) bond motifs is 1. The molecule has 1 saturated carbocycles. The van der Waals surface area contributed by atoms with Gasteiger partial charge in [-0.1, -0.05) is 27.7 Å². The minimum Gasteiger partial charge on any atom is -0.456 e. The van der Waals surface area contributed by atoms with E-state index in [1.54, 1.807) is 18.5 Å². The zero-order valence-corrected chi connectivity index (χ0v) is 22.6. The predicted octanol–water partition coefficient (Wildman–Crippen LogP) is 4.54.